The van der Waals surface area contributed by atoms with Gasteiger partial charge in [-0.2, -0.15) is 0 Å². The highest BCUT2D eigenvalue weighted by Crippen LogP contribution is 2.28. The normalized spacial score (nSPS) is 10.9. The molecule has 22 heavy (non-hydrogen) atoms. The minimum Gasteiger partial charge on any atom is -0.493 e. The quantitative estimate of drug-likeness (QED) is 0.886. The molecule has 0 aliphatic rings. The van der Waals surface area contributed by atoms with Crippen LogP contribution < -0.4 is 20.8 Å². The van der Waals surface area contributed by atoms with E-state index in [0.717, 1.165) is 11.1 Å². The Labute approximate surface area is 129 Å². The van der Waals surface area contributed by atoms with Gasteiger partial charge in [0.25, 0.3) is 5.56 Å². The van der Waals surface area contributed by atoms with Gasteiger partial charge in [0.2, 0.25) is 0 Å². The third kappa shape index (κ3) is 3.77. The molecule has 0 unspecified atom stereocenters. The summed E-state index contributed by atoms with van der Waals surface area (Å²) in [4.78, 5) is 11.9. The summed E-state index contributed by atoms with van der Waals surface area (Å²) in [6.45, 7) is 0.971. The van der Waals surface area contributed by atoms with Crippen molar-refractivity contribution in [1.82, 2.24) is 4.57 Å². The van der Waals surface area contributed by atoms with Gasteiger partial charge in [-0.05, 0) is 29.3 Å². The number of nitrogens with two attached hydrogens (primary N) is 1. The zero-order valence-corrected chi connectivity index (χ0v) is 12.8. The molecule has 0 aliphatic heterocycles. The standard InChI is InChI=1S/C17H20N2O3/c1-21-15-6-5-13(11-16(15)22-2)3-4-14-7-9-19(10-8-18)17(20)12-14/h3-7,9,11-12H,8,10,18H2,1-2H3/b4-3+. The van der Waals surface area contributed by atoms with E-state index in [0.29, 0.717) is 24.6 Å². The molecule has 1 aromatic heterocycles. The van der Waals surface area contributed by atoms with Gasteiger partial charge in [-0.15, -0.1) is 0 Å². The van der Waals surface area contributed by atoms with E-state index < -0.39 is 0 Å². The number of benzene rings is 1. The van der Waals surface area contributed by atoms with Gasteiger partial charge in [0.05, 0.1) is 14.2 Å². The molecule has 2 N–H and O–H groups in total. The summed E-state index contributed by atoms with van der Waals surface area (Å²) in [6, 6.07) is 9.12. The minimum absolute atomic E-state index is 0.0556. The third-order valence-electron chi connectivity index (χ3n) is 3.27. The minimum atomic E-state index is -0.0556. The Morgan fingerprint density at radius 3 is 2.32 bits per heavy atom. The van der Waals surface area contributed by atoms with Gasteiger partial charge in [0.15, 0.2) is 11.5 Å². The first-order valence-corrected chi connectivity index (χ1v) is 6.98. The zero-order chi connectivity index (χ0) is 15.9. The number of nitrogens with zero attached hydrogens (tertiary/aromatic N) is 1. The van der Waals surface area contributed by atoms with E-state index in [1.807, 2.05) is 36.4 Å². The second-order valence-electron chi connectivity index (χ2n) is 4.73. The fourth-order valence-corrected chi connectivity index (χ4v) is 2.10. The summed E-state index contributed by atoms with van der Waals surface area (Å²) in [6.07, 6.45) is 5.56. The van der Waals surface area contributed by atoms with Gasteiger partial charge in [0, 0.05) is 25.4 Å². The Morgan fingerprint density at radius 2 is 1.73 bits per heavy atom. The van der Waals surface area contributed by atoms with Crippen LogP contribution in [0.1, 0.15) is 11.1 Å². The highest BCUT2D eigenvalue weighted by molar-refractivity contribution is 5.70. The van der Waals surface area contributed by atoms with Crippen LogP contribution in [0.4, 0.5) is 0 Å². The van der Waals surface area contributed by atoms with Crippen molar-refractivity contribution in [2.45, 2.75) is 6.54 Å². The molecule has 0 amide bonds. The highest BCUT2D eigenvalue weighted by atomic mass is 16.5. The van der Waals surface area contributed by atoms with E-state index in [1.54, 1.807) is 31.0 Å². The average molecular weight is 300 g/mol. The van der Waals surface area contributed by atoms with E-state index in [9.17, 15) is 4.79 Å². The van der Waals surface area contributed by atoms with E-state index >= 15 is 0 Å². The molecule has 5 nitrogen and oxygen atoms in total. The predicted octanol–water partition coefficient (Wildman–Crippen LogP) is 1.99. The van der Waals surface area contributed by atoms with Crippen LogP contribution in [0.5, 0.6) is 11.5 Å². The van der Waals surface area contributed by atoms with Crippen LogP contribution in [-0.2, 0) is 6.54 Å². The van der Waals surface area contributed by atoms with Crippen molar-refractivity contribution in [3.05, 3.63) is 58.0 Å². The molecule has 0 radical (unpaired) electrons. The molecule has 1 aromatic carbocycles. The lowest BCUT2D eigenvalue weighted by Crippen LogP contribution is -2.22. The lowest BCUT2D eigenvalue weighted by molar-refractivity contribution is 0.355. The fourth-order valence-electron chi connectivity index (χ4n) is 2.10. The summed E-state index contributed by atoms with van der Waals surface area (Å²) in [5.41, 5.74) is 7.20. The number of hydrogen-bond acceptors (Lipinski definition) is 4. The average Bonchev–Trinajstić information content (AvgIpc) is 2.55. The van der Waals surface area contributed by atoms with E-state index in [1.165, 1.54) is 0 Å². The maximum atomic E-state index is 11.9. The number of methoxy groups -OCH3 is 2. The van der Waals surface area contributed by atoms with Gasteiger partial charge in [0.1, 0.15) is 0 Å². The van der Waals surface area contributed by atoms with Crippen LogP contribution in [-0.4, -0.2) is 25.3 Å². The second-order valence-corrected chi connectivity index (χ2v) is 4.73. The summed E-state index contributed by atoms with van der Waals surface area (Å²) in [5.74, 6) is 1.35. The molecule has 0 spiro atoms. The van der Waals surface area contributed by atoms with Gasteiger partial charge >= 0.3 is 0 Å². The molecule has 0 saturated carbocycles. The van der Waals surface area contributed by atoms with Gasteiger partial charge in [-0.3, -0.25) is 4.79 Å². The Morgan fingerprint density at radius 1 is 1.05 bits per heavy atom. The number of aromatic nitrogens is 1. The summed E-state index contributed by atoms with van der Waals surface area (Å²) in [7, 11) is 3.20. The highest BCUT2D eigenvalue weighted by Gasteiger charge is 2.02. The van der Waals surface area contributed by atoms with Crippen molar-refractivity contribution in [1.29, 1.82) is 0 Å². The number of ether oxygens (including phenoxy) is 2. The van der Waals surface area contributed by atoms with Crippen LogP contribution in [0, 0.1) is 0 Å². The van der Waals surface area contributed by atoms with Crippen molar-refractivity contribution in [3.63, 3.8) is 0 Å². The molecule has 0 atom stereocenters. The lowest BCUT2D eigenvalue weighted by atomic mass is 10.1. The smallest absolute Gasteiger partial charge is 0.251 e. The van der Waals surface area contributed by atoms with E-state index in [4.69, 9.17) is 15.2 Å². The monoisotopic (exact) mass is 300 g/mol. The Bertz CT molecular complexity index is 720. The van der Waals surface area contributed by atoms with Crippen molar-refractivity contribution in [2.75, 3.05) is 20.8 Å². The van der Waals surface area contributed by atoms with E-state index in [2.05, 4.69) is 0 Å². The summed E-state index contributed by atoms with van der Waals surface area (Å²) in [5, 5.41) is 0. The van der Waals surface area contributed by atoms with Crippen LogP contribution in [0.3, 0.4) is 0 Å². The van der Waals surface area contributed by atoms with Crippen LogP contribution in [0.2, 0.25) is 0 Å². The first-order chi connectivity index (χ1) is 10.7. The topological polar surface area (TPSA) is 66.5 Å². The van der Waals surface area contributed by atoms with Gasteiger partial charge in [-0.25, -0.2) is 0 Å². The van der Waals surface area contributed by atoms with Crippen LogP contribution in [0.25, 0.3) is 12.2 Å². The largest absolute Gasteiger partial charge is 0.493 e. The summed E-state index contributed by atoms with van der Waals surface area (Å²) < 4.78 is 12.1. The molecule has 0 aliphatic carbocycles. The number of rotatable bonds is 6. The lowest BCUT2D eigenvalue weighted by Gasteiger charge is -2.07. The molecule has 5 heteroatoms. The Hall–Kier alpha value is -2.53. The molecule has 2 rings (SSSR count). The fraction of sp³-hybridized carbons (Fsp3) is 0.235. The first kappa shape index (κ1) is 15.9. The van der Waals surface area contributed by atoms with Crippen molar-refractivity contribution in [2.24, 2.45) is 5.73 Å². The predicted molar refractivity (Wildman–Crippen MR) is 88.2 cm³/mol. The molecule has 116 valence electrons. The molecule has 0 fully saturated rings. The van der Waals surface area contributed by atoms with Crippen molar-refractivity contribution < 1.29 is 9.47 Å². The third-order valence-corrected chi connectivity index (χ3v) is 3.27. The molecular formula is C17H20N2O3. The first-order valence-electron chi connectivity index (χ1n) is 6.98. The second kappa shape index (κ2) is 7.47. The molecule has 2 aromatic rings. The van der Waals surface area contributed by atoms with Crippen molar-refractivity contribution in [3.8, 4) is 11.5 Å². The summed E-state index contributed by atoms with van der Waals surface area (Å²) >= 11 is 0. The van der Waals surface area contributed by atoms with Gasteiger partial charge in [-0.1, -0.05) is 18.2 Å². The van der Waals surface area contributed by atoms with E-state index in [-0.39, 0.29) is 5.56 Å². The van der Waals surface area contributed by atoms with Crippen molar-refractivity contribution >= 4 is 12.2 Å². The number of pyridine rings is 1. The number of hydrogen-bond donors (Lipinski definition) is 1. The maximum absolute atomic E-state index is 11.9. The Kier molecular flexibility index (Phi) is 5.38. The van der Waals surface area contributed by atoms with Gasteiger partial charge < -0.3 is 19.8 Å². The zero-order valence-electron chi connectivity index (χ0n) is 12.8. The molecule has 0 bridgehead atoms. The maximum Gasteiger partial charge on any atom is 0.251 e. The molecule has 1 heterocycles. The van der Waals surface area contributed by atoms with Crippen LogP contribution in [0.15, 0.2) is 41.3 Å². The molecular weight excluding hydrogens is 280 g/mol. The Balaban J connectivity index is 2.21. The van der Waals surface area contributed by atoms with Crippen LogP contribution >= 0.6 is 0 Å². The SMILES string of the molecule is COc1ccc(/C=C/c2ccn(CCN)c(=O)c2)cc1OC. The molecule has 0 saturated heterocycles.